The Morgan fingerprint density at radius 2 is 1.50 bits per heavy atom. The van der Waals surface area contributed by atoms with Crippen LogP contribution in [0.2, 0.25) is 0 Å². The Hall–Kier alpha value is -3.67. The molecule has 2 fully saturated rings. The van der Waals surface area contributed by atoms with E-state index < -0.39 is 23.4 Å². The molecule has 2 aromatic heterocycles. The van der Waals surface area contributed by atoms with Crippen molar-refractivity contribution in [3.05, 3.63) is 29.8 Å². The standard InChI is InChI=1S/C30H42N6O6/c1-19-24-25(34-12-14-39-15-13-34)32-18-33-26(24)36(28(38)42-30(5,6)7)22-16-21(31-17-23(22)40-19)20-8-10-35(11-9-20)27(37)41-29(2,3)4/h16-20H,8-15H2,1-7H3. The van der Waals surface area contributed by atoms with Crippen LogP contribution < -0.4 is 14.5 Å². The number of amides is 2. The zero-order valence-corrected chi connectivity index (χ0v) is 25.7. The summed E-state index contributed by atoms with van der Waals surface area (Å²) in [6.07, 6.45) is 3.26. The van der Waals surface area contributed by atoms with Crippen molar-refractivity contribution in [2.45, 2.75) is 84.5 Å². The molecular formula is C30H42N6O6. The van der Waals surface area contributed by atoms with Gasteiger partial charge in [0.25, 0.3) is 0 Å². The van der Waals surface area contributed by atoms with Crippen molar-refractivity contribution < 1.29 is 28.5 Å². The Morgan fingerprint density at radius 1 is 0.881 bits per heavy atom. The van der Waals surface area contributed by atoms with Gasteiger partial charge in [0.2, 0.25) is 0 Å². The van der Waals surface area contributed by atoms with Crippen molar-refractivity contribution in [3.8, 4) is 5.75 Å². The third-order valence-corrected chi connectivity index (χ3v) is 7.32. The number of piperidine rings is 1. The zero-order chi connectivity index (χ0) is 30.2. The van der Waals surface area contributed by atoms with E-state index in [9.17, 15) is 9.59 Å². The number of ether oxygens (including phenoxy) is 4. The van der Waals surface area contributed by atoms with Crippen LogP contribution in [0.5, 0.6) is 5.75 Å². The lowest BCUT2D eigenvalue weighted by atomic mass is 9.93. The van der Waals surface area contributed by atoms with Gasteiger partial charge in [-0.2, -0.15) is 0 Å². The maximum atomic E-state index is 13.9. The minimum absolute atomic E-state index is 0.0870. The van der Waals surface area contributed by atoms with Crippen LogP contribution in [0, 0.1) is 0 Å². The summed E-state index contributed by atoms with van der Waals surface area (Å²) in [6, 6.07) is 1.89. The molecule has 0 spiro atoms. The highest BCUT2D eigenvalue weighted by molar-refractivity contribution is 5.98. The molecule has 0 saturated carbocycles. The Kier molecular flexibility index (Phi) is 8.19. The molecule has 5 heterocycles. The van der Waals surface area contributed by atoms with Crippen LogP contribution in [-0.4, -0.2) is 82.6 Å². The summed E-state index contributed by atoms with van der Waals surface area (Å²) in [5.41, 5.74) is 0.750. The van der Waals surface area contributed by atoms with Crippen molar-refractivity contribution in [3.63, 3.8) is 0 Å². The summed E-state index contributed by atoms with van der Waals surface area (Å²) in [5.74, 6) is 1.67. The van der Waals surface area contributed by atoms with E-state index in [2.05, 4.69) is 14.9 Å². The van der Waals surface area contributed by atoms with E-state index in [1.165, 1.54) is 11.2 Å². The summed E-state index contributed by atoms with van der Waals surface area (Å²) in [6.45, 7) is 16.6. The maximum absolute atomic E-state index is 13.9. The lowest BCUT2D eigenvalue weighted by Crippen LogP contribution is -2.41. The first-order valence-corrected chi connectivity index (χ1v) is 14.7. The Bertz CT molecular complexity index is 1310. The fourth-order valence-electron chi connectivity index (χ4n) is 5.42. The fraction of sp³-hybridized carbons (Fsp3) is 0.633. The maximum Gasteiger partial charge on any atom is 0.420 e. The molecule has 42 heavy (non-hydrogen) atoms. The monoisotopic (exact) mass is 582 g/mol. The van der Waals surface area contributed by atoms with Crippen molar-refractivity contribution >= 4 is 29.5 Å². The van der Waals surface area contributed by atoms with Gasteiger partial charge < -0.3 is 28.7 Å². The van der Waals surface area contributed by atoms with Gasteiger partial charge in [-0.1, -0.05) is 0 Å². The number of fused-ring (bicyclic) bond motifs is 2. The van der Waals surface area contributed by atoms with Gasteiger partial charge in [0.15, 0.2) is 11.6 Å². The number of morpholine rings is 1. The molecule has 1 atom stereocenters. The number of aromatic nitrogens is 3. The summed E-state index contributed by atoms with van der Waals surface area (Å²) in [4.78, 5) is 45.8. The first kappa shape index (κ1) is 29.8. The van der Waals surface area contributed by atoms with Crippen LogP contribution >= 0.6 is 0 Å². The van der Waals surface area contributed by atoms with E-state index in [0.717, 1.165) is 5.69 Å². The van der Waals surface area contributed by atoms with E-state index in [0.29, 0.717) is 80.9 Å². The van der Waals surface area contributed by atoms with Gasteiger partial charge >= 0.3 is 12.2 Å². The molecule has 12 nitrogen and oxygen atoms in total. The van der Waals surface area contributed by atoms with Crippen molar-refractivity contribution in [2.24, 2.45) is 0 Å². The highest BCUT2D eigenvalue weighted by atomic mass is 16.6. The van der Waals surface area contributed by atoms with Crippen molar-refractivity contribution in [1.29, 1.82) is 0 Å². The number of pyridine rings is 1. The molecule has 3 aliphatic heterocycles. The third-order valence-electron chi connectivity index (χ3n) is 7.32. The number of carbonyl (C=O) groups is 2. The second-order valence-corrected chi connectivity index (χ2v) is 12.9. The molecule has 5 rings (SSSR count). The number of hydrogen-bond donors (Lipinski definition) is 0. The average molecular weight is 583 g/mol. The first-order chi connectivity index (χ1) is 19.8. The molecule has 2 aromatic rings. The van der Waals surface area contributed by atoms with Crippen molar-refractivity contribution in [1.82, 2.24) is 19.9 Å². The molecule has 0 aliphatic carbocycles. The third kappa shape index (κ3) is 6.53. The van der Waals surface area contributed by atoms with Crippen molar-refractivity contribution in [2.75, 3.05) is 49.2 Å². The quantitative estimate of drug-likeness (QED) is 0.458. The molecule has 0 N–H and O–H groups in total. The van der Waals surface area contributed by atoms with Gasteiger partial charge in [-0.3, -0.25) is 4.98 Å². The van der Waals surface area contributed by atoms with Gasteiger partial charge in [0.05, 0.1) is 30.7 Å². The van der Waals surface area contributed by atoms with E-state index in [1.807, 2.05) is 54.5 Å². The van der Waals surface area contributed by atoms with Crippen LogP contribution in [0.4, 0.5) is 26.9 Å². The molecule has 2 saturated heterocycles. The zero-order valence-electron chi connectivity index (χ0n) is 25.7. The molecule has 1 unspecified atom stereocenters. The first-order valence-electron chi connectivity index (χ1n) is 14.7. The van der Waals surface area contributed by atoms with E-state index in [-0.39, 0.29) is 12.0 Å². The van der Waals surface area contributed by atoms with Crippen LogP contribution in [0.25, 0.3) is 0 Å². The van der Waals surface area contributed by atoms with Gasteiger partial charge in [-0.25, -0.2) is 24.5 Å². The molecule has 3 aliphatic rings. The molecule has 2 amide bonds. The second kappa shape index (κ2) is 11.5. The summed E-state index contributed by atoms with van der Waals surface area (Å²) >= 11 is 0. The average Bonchev–Trinajstić information content (AvgIpc) is 3.05. The number of nitrogens with zero attached hydrogens (tertiary/aromatic N) is 6. The number of anilines is 3. The summed E-state index contributed by atoms with van der Waals surface area (Å²) < 4.78 is 23.4. The number of hydrogen-bond acceptors (Lipinski definition) is 10. The van der Waals surface area contributed by atoms with Gasteiger partial charge in [-0.05, 0) is 67.4 Å². The van der Waals surface area contributed by atoms with Gasteiger partial charge in [-0.15, -0.1) is 0 Å². The SMILES string of the molecule is CC1Oc2cnc(C3CCN(C(=O)OC(C)(C)C)CC3)cc2N(C(=O)OC(C)(C)C)c2ncnc(N3CCOCC3)c21. The van der Waals surface area contributed by atoms with Crippen LogP contribution in [0.3, 0.4) is 0 Å². The Labute approximate surface area is 247 Å². The molecular weight excluding hydrogens is 540 g/mol. The van der Waals surface area contributed by atoms with Crippen LogP contribution in [0.1, 0.15) is 84.6 Å². The molecule has 228 valence electrons. The smallest absolute Gasteiger partial charge is 0.420 e. The van der Waals surface area contributed by atoms with E-state index in [4.69, 9.17) is 23.9 Å². The predicted molar refractivity (Wildman–Crippen MR) is 156 cm³/mol. The topological polar surface area (TPSA) is 119 Å². The van der Waals surface area contributed by atoms with Crippen LogP contribution in [0.15, 0.2) is 18.6 Å². The second-order valence-electron chi connectivity index (χ2n) is 12.9. The minimum atomic E-state index is -0.736. The van der Waals surface area contributed by atoms with Gasteiger partial charge in [0.1, 0.15) is 29.5 Å². The highest BCUT2D eigenvalue weighted by Crippen LogP contribution is 2.46. The van der Waals surface area contributed by atoms with E-state index >= 15 is 0 Å². The van der Waals surface area contributed by atoms with E-state index in [1.54, 1.807) is 11.1 Å². The lowest BCUT2D eigenvalue weighted by Gasteiger charge is -2.33. The summed E-state index contributed by atoms with van der Waals surface area (Å²) in [7, 11) is 0. The van der Waals surface area contributed by atoms with Crippen LogP contribution in [-0.2, 0) is 14.2 Å². The van der Waals surface area contributed by atoms with Gasteiger partial charge in [0, 0.05) is 37.8 Å². The molecule has 0 aromatic carbocycles. The Balaban J connectivity index is 1.50. The lowest BCUT2D eigenvalue weighted by molar-refractivity contribution is 0.0203. The Morgan fingerprint density at radius 3 is 2.14 bits per heavy atom. The minimum Gasteiger partial charge on any atom is -0.482 e. The molecule has 12 heteroatoms. The normalized spacial score (nSPS) is 19.8. The number of rotatable bonds is 2. The fourth-order valence-corrected chi connectivity index (χ4v) is 5.42. The number of likely N-dealkylation sites (tertiary alicyclic amines) is 1. The largest absolute Gasteiger partial charge is 0.482 e. The predicted octanol–water partition coefficient (Wildman–Crippen LogP) is 5.35. The summed E-state index contributed by atoms with van der Waals surface area (Å²) in [5, 5.41) is 0. The number of carbonyl (C=O) groups excluding carboxylic acids is 2. The molecule has 0 radical (unpaired) electrons. The molecule has 0 bridgehead atoms. The highest BCUT2D eigenvalue weighted by Gasteiger charge is 2.38.